The molecule has 2 aromatic rings. The van der Waals surface area contributed by atoms with E-state index in [1.54, 1.807) is 18.4 Å². The molecule has 1 unspecified atom stereocenters. The Bertz CT molecular complexity index is 542. The fourth-order valence-corrected chi connectivity index (χ4v) is 3.34. The van der Waals surface area contributed by atoms with Crippen LogP contribution in [0.15, 0.2) is 34.1 Å². The zero-order valence-corrected chi connectivity index (χ0v) is 12.1. The first kappa shape index (κ1) is 13.6. The van der Waals surface area contributed by atoms with Gasteiger partial charge in [0.25, 0.3) is 0 Å². The third kappa shape index (κ3) is 3.16. The van der Waals surface area contributed by atoms with Crippen molar-refractivity contribution in [2.24, 2.45) is 0 Å². The number of hydrogen-bond acceptors (Lipinski definition) is 2. The molecule has 1 nitrogen and oxygen atoms in total. The van der Waals surface area contributed by atoms with E-state index in [-0.39, 0.29) is 6.04 Å². The van der Waals surface area contributed by atoms with E-state index in [0.717, 1.165) is 14.7 Å². The molecule has 1 aromatic carbocycles. The average Bonchev–Trinajstić information content (AvgIpc) is 2.72. The monoisotopic (exact) mass is 331 g/mol. The highest BCUT2D eigenvalue weighted by Crippen LogP contribution is 2.28. The fraction of sp³-hybridized carbons (Fsp3) is 0.231. The lowest BCUT2D eigenvalue weighted by molar-refractivity contribution is 0.523. The van der Waals surface area contributed by atoms with Gasteiger partial charge < -0.3 is 5.32 Å². The van der Waals surface area contributed by atoms with Crippen LogP contribution in [-0.2, 0) is 6.42 Å². The molecule has 0 amide bonds. The van der Waals surface area contributed by atoms with Gasteiger partial charge in [-0.3, -0.25) is 0 Å². The Kier molecular flexibility index (Phi) is 4.48. The van der Waals surface area contributed by atoms with Gasteiger partial charge in [0, 0.05) is 29.0 Å². The number of hydrogen-bond donors (Lipinski definition) is 1. The van der Waals surface area contributed by atoms with E-state index in [1.807, 2.05) is 12.1 Å². The molecule has 0 saturated heterocycles. The lowest BCUT2D eigenvalue weighted by Gasteiger charge is -2.16. The van der Waals surface area contributed by atoms with Crippen molar-refractivity contribution in [2.75, 3.05) is 7.05 Å². The summed E-state index contributed by atoms with van der Waals surface area (Å²) in [6.45, 7) is 0. The van der Waals surface area contributed by atoms with E-state index in [9.17, 15) is 8.78 Å². The van der Waals surface area contributed by atoms with Gasteiger partial charge in [-0.25, -0.2) is 8.78 Å². The summed E-state index contributed by atoms with van der Waals surface area (Å²) >= 11 is 5.01. The summed E-state index contributed by atoms with van der Waals surface area (Å²) in [6, 6.07) is 7.51. The van der Waals surface area contributed by atoms with Gasteiger partial charge in [-0.05, 0) is 41.2 Å². The number of benzene rings is 1. The molecule has 1 atom stereocenters. The molecule has 1 N–H and O–H groups in total. The summed E-state index contributed by atoms with van der Waals surface area (Å²) in [5.74, 6) is -1.06. The van der Waals surface area contributed by atoms with Gasteiger partial charge in [0.2, 0.25) is 0 Å². The molecule has 2 rings (SSSR count). The van der Waals surface area contributed by atoms with Crippen molar-refractivity contribution in [3.05, 3.63) is 56.2 Å². The molecular formula is C13H12BrF2NS. The second-order valence-electron chi connectivity index (χ2n) is 3.92. The van der Waals surface area contributed by atoms with Crippen LogP contribution in [0.25, 0.3) is 0 Å². The molecule has 0 fully saturated rings. The van der Waals surface area contributed by atoms with Crippen LogP contribution in [0.2, 0.25) is 0 Å². The third-order valence-electron chi connectivity index (χ3n) is 2.72. The van der Waals surface area contributed by atoms with E-state index in [1.165, 1.54) is 12.1 Å². The maximum absolute atomic E-state index is 13.7. The van der Waals surface area contributed by atoms with E-state index < -0.39 is 11.6 Å². The largest absolute Gasteiger partial charge is 0.313 e. The Morgan fingerprint density at radius 1 is 1.28 bits per heavy atom. The molecule has 18 heavy (non-hydrogen) atoms. The van der Waals surface area contributed by atoms with Gasteiger partial charge in [-0.2, -0.15) is 0 Å². The third-order valence-corrected chi connectivity index (χ3v) is 4.37. The van der Waals surface area contributed by atoms with Crippen molar-refractivity contribution in [1.82, 2.24) is 5.32 Å². The van der Waals surface area contributed by atoms with Gasteiger partial charge in [0.1, 0.15) is 11.6 Å². The van der Waals surface area contributed by atoms with Gasteiger partial charge >= 0.3 is 0 Å². The van der Waals surface area contributed by atoms with Crippen LogP contribution in [-0.4, -0.2) is 7.05 Å². The SMILES string of the molecule is CNC(Cc1ccc(Br)s1)c1ccc(F)cc1F. The quantitative estimate of drug-likeness (QED) is 0.881. The molecule has 0 aliphatic heterocycles. The van der Waals surface area contributed by atoms with E-state index >= 15 is 0 Å². The van der Waals surface area contributed by atoms with Crippen LogP contribution in [0.4, 0.5) is 8.78 Å². The van der Waals surface area contributed by atoms with Crippen LogP contribution in [0.1, 0.15) is 16.5 Å². The predicted octanol–water partition coefficient (Wildman–Crippen LogP) is 4.29. The van der Waals surface area contributed by atoms with Gasteiger partial charge in [-0.15, -0.1) is 11.3 Å². The summed E-state index contributed by atoms with van der Waals surface area (Å²) in [5.41, 5.74) is 0.489. The van der Waals surface area contributed by atoms with Crippen molar-refractivity contribution < 1.29 is 8.78 Å². The van der Waals surface area contributed by atoms with Crippen molar-refractivity contribution >= 4 is 27.3 Å². The number of likely N-dealkylation sites (N-methyl/N-ethyl adjacent to an activating group) is 1. The Labute approximate surface area is 117 Å². The van der Waals surface area contributed by atoms with Crippen molar-refractivity contribution in [1.29, 1.82) is 0 Å². The van der Waals surface area contributed by atoms with Crippen LogP contribution in [0, 0.1) is 11.6 Å². The smallest absolute Gasteiger partial charge is 0.130 e. The zero-order chi connectivity index (χ0) is 13.1. The predicted molar refractivity (Wildman–Crippen MR) is 73.9 cm³/mol. The highest BCUT2D eigenvalue weighted by atomic mass is 79.9. The summed E-state index contributed by atoms with van der Waals surface area (Å²) in [6.07, 6.45) is 0.676. The average molecular weight is 332 g/mol. The fourth-order valence-electron chi connectivity index (χ4n) is 1.81. The molecule has 96 valence electrons. The molecule has 0 spiro atoms. The Hall–Kier alpha value is -0.780. The Morgan fingerprint density at radius 3 is 2.61 bits per heavy atom. The second-order valence-corrected chi connectivity index (χ2v) is 6.46. The maximum Gasteiger partial charge on any atom is 0.130 e. The van der Waals surface area contributed by atoms with Crippen LogP contribution in [0.5, 0.6) is 0 Å². The molecular weight excluding hydrogens is 320 g/mol. The first-order valence-corrected chi connectivity index (χ1v) is 7.07. The first-order valence-electron chi connectivity index (χ1n) is 5.46. The lowest BCUT2D eigenvalue weighted by Crippen LogP contribution is -2.19. The Balaban J connectivity index is 2.22. The molecule has 1 heterocycles. The van der Waals surface area contributed by atoms with Gasteiger partial charge in [0.15, 0.2) is 0 Å². The molecule has 0 bridgehead atoms. The van der Waals surface area contributed by atoms with E-state index in [0.29, 0.717) is 12.0 Å². The summed E-state index contributed by atoms with van der Waals surface area (Å²) in [7, 11) is 1.77. The van der Waals surface area contributed by atoms with Crippen LogP contribution < -0.4 is 5.32 Å². The van der Waals surface area contributed by atoms with Gasteiger partial charge in [0.05, 0.1) is 3.79 Å². The summed E-state index contributed by atoms with van der Waals surface area (Å²) in [5, 5.41) is 3.07. The topological polar surface area (TPSA) is 12.0 Å². The molecule has 5 heteroatoms. The van der Waals surface area contributed by atoms with Crippen LogP contribution >= 0.6 is 27.3 Å². The maximum atomic E-state index is 13.7. The van der Waals surface area contributed by atoms with E-state index in [4.69, 9.17) is 0 Å². The van der Waals surface area contributed by atoms with Crippen molar-refractivity contribution in [3.63, 3.8) is 0 Å². The minimum absolute atomic E-state index is 0.156. The minimum Gasteiger partial charge on any atom is -0.313 e. The number of halogens is 3. The highest BCUT2D eigenvalue weighted by Gasteiger charge is 2.16. The zero-order valence-electron chi connectivity index (χ0n) is 9.71. The number of thiophene rings is 1. The van der Waals surface area contributed by atoms with Crippen molar-refractivity contribution in [3.8, 4) is 0 Å². The standard InChI is InChI=1S/C13H12BrF2NS/c1-17-12(7-9-3-5-13(14)18-9)10-4-2-8(15)6-11(10)16/h2-6,12,17H,7H2,1H3. The van der Waals surface area contributed by atoms with Crippen LogP contribution in [0.3, 0.4) is 0 Å². The number of nitrogens with one attached hydrogen (secondary N) is 1. The minimum atomic E-state index is -0.551. The van der Waals surface area contributed by atoms with Gasteiger partial charge in [-0.1, -0.05) is 6.07 Å². The lowest BCUT2D eigenvalue weighted by atomic mass is 10.0. The molecule has 0 aliphatic carbocycles. The molecule has 0 aliphatic rings. The second kappa shape index (κ2) is 5.91. The first-order chi connectivity index (χ1) is 8.60. The molecule has 0 saturated carbocycles. The van der Waals surface area contributed by atoms with E-state index in [2.05, 4.69) is 21.2 Å². The molecule has 1 aromatic heterocycles. The highest BCUT2D eigenvalue weighted by molar-refractivity contribution is 9.11. The normalized spacial score (nSPS) is 12.7. The number of rotatable bonds is 4. The molecule has 0 radical (unpaired) electrons. The summed E-state index contributed by atoms with van der Waals surface area (Å²) in [4.78, 5) is 1.14. The summed E-state index contributed by atoms with van der Waals surface area (Å²) < 4.78 is 27.6. The Morgan fingerprint density at radius 2 is 2.06 bits per heavy atom. The van der Waals surface area contributed by atoms with Crippen molar-refractivity contribution in [2.45, 2.75) is 12.5 Å².